The summed E-state index contributed by atoms with van der Waals surface area (Å²) < 4.78 is 31.6. The van der Waals surface area contributed by atoms with E-state index >= 15 is 0 Å². The molecule has 166 valence electrons. The van der Waals surface area contributed by atoms with Gasteiger partial charge in [-0.2, -0.15) is 13.5 Å². The number of nitrogens with one attached hydrogen (secondary N) is 2. The highest BCUT2D eigenvalue weighted by Crippen LogP contribution is 2.44. The van der Waals surface area contributed by atoms with E-state index in [0.29, 0.717) is 0 Å². The summed E-state index contributed by atoms with van der Waals surface area (Å²) in [6, 6.07) is 21.0. The Kier molecular flexibility index (Phi) is 7.15. The number of hydrogen-bond donors (Lipinski definition) is 5. The first kappa shape index (κ1) is 23.3. The average molecular weight is 474 g/mol. The Morgan fingerprint density at radius 1 is 0.938 bits per heavy atom. The lowest BCUT2D eigenvalue weighted by atomic mass is 10.1. The second-order valence-electron chi connectivity index (χ2n) is 6.57. The van der Waals surface area contributed by atoms with Gasteiger partial charge in [0.2, 0.25) is 0 Å². The third kappa shape index (κ3) is 6.56. The number of para-hydroxylation sites is 1. The average Bonchev–Trinajstić information content (AvgIpc) is 2.74. The molecule has 9 nitrogen and oxygen atoms in total. The van der Waals surface area contributed by atoms with Crippen LogP contribution in [-0.4, -0.2) is 34.3 Å². The predicted molar refractivity (Wildman–Crippen MR) is 124 cm³/mol. The number of anilines is 3. The standard InChI is InChI=1S/C21H17N3O2S.H2O4S/c1-13(23-24-16-9-6-14(7-10-16)21(25)26)15-8-11-20-18(12-15)22-17-4-2-3-5-19(17)27-20;1-5(2,3)4/h2-12,22,24H,1H3,(H,25,26);(H2,1,2,3,4)/b23-13+;. The lowest BCUT2D eigenvalue weighted by Crippen LogP contribution is -2.04. The zero-order valence-electron chi connectivity index (χ0n) is 16.7. The van der Waals surface area contributed by atoms with Crippen LogP contribution >= 0.6 is 11.8 Å². The molecule has 0 unspecified atom stereocenters. The molecular formula is C21H19N3O6S2. The number of carbonyl (C=O) groups is 1. The molecule has 4 rings (SSSR count). The monoisotopic (exact) mass is 473 g/mol. The van der Waals surface area contributed by atoms with Gasteiger partial charge < -0.3 is 10.4 Å². The van der Waals surface area contributed by atoms with Crippen molar-refractivity contribution in [2.75, 3.05) is 10.7 Å². The molecule has 32 heavy (non-hydrogen) atoms. The first-order chi connectivity index (χ1) is 15.1. The summed E-state index contributed by atoms with van der Waals surface area (Å²) in [7, 11) is -4.67. The number of aromatic carboxylic acids is 1. The van der Waals surface area contributed by atoms with Crippen molar-refractivity contribution in [3.8, 4) is 0 Å². The van der Waals surface area contributed by atoms with Crippen molar-refractivity contribution < 1.29 is 27.4 Å². The van der Waals surface area contributed by atoms with Gasteiger partial charge in [0.25, 0.3) is 0 Å². The van der Waals surface area contributed by atoms with Gasteiger partial charge in [0.05, 0.1) is 28.3 Å². The second kappa shape index (κ2) is 9.83. The van der Waals surface area contributed by atoms with Crippen molar-refractivity contribution in [2.24, 2.45) is 5.10 Å². The Balaban J connectivity index is 0.000000523. The first-order valence-electron chi connectivity index (χ1n) is 9.12. The van der Waals surface area contributed by atoms with Crippen LogP contribution in [0.15, 0.2) is 81.6 Å². The molecule has 3 aromatic carbocycles. The second-order valence-corrected chi connectivity index (χ2v) is 8.55. The summed E-state index contributed by atoms with van der Waals surface area (Å²) in [4.78, 5) is 13.3. The molecule has 0 bridgehead atoms. The minimum Gasteiger partial charge on any atom is -0.478 e. The van der Waals surface area contributed by atoms with E-state index in [9.17, 15) is 4.79 Å². The molecule has 3 aromatic rings. The molecule has 0 aliphatic carbocycles. The van der Waals surface area contributed by atoms with Gasteiger partial charge >= 0.3 is 16.4 Å². The van der Waals surface area contributed by atoms with Crippen molar-refractivity contribution in [3.63, 3.8) is 0 Å². The third-order valence-corrected chi connectivity index (χ3v) is 5.41. The molecular weight excluding hydrogens is 454 g/mol. The van der Waals surface area contributed by atoms with Crippen LogP contribution < -0.4 is 10.7 Å². The van der Waals surface area contributed by atoms with Gasteiger partial charge in [0.1, 0.15) is 0 Å². The van der Waals surface area contributed by atoms with E-state index in [1.165, 1.54) is 9.79 Å². The number of benzene rings is 3. The SMILES string of the molecule is C/C(=N\Nc1ccc(C(=O)O)cc1)c1ccc2c(c1)Nc1ccccc1S2.O=S(=O)(O)O. The Morgan fingerprint density at radius 2 is 1.53 bits per heavy atom. The third-order valence-electron chi connectivity index (χ3n) is 4.26. The molecule has 0 spiro atoms. The maximum atomic E-state index is 10.9. The Bertz CT molecular complexity index is 1270. The minimum atomic E-state index is -4.67. The topological polar surface area (TPSA) is 148 Å². The Hall–Kier alpha value is -3.38. The van der Waals surface area contributed by atoms with E-state index in [1.807, 2.05) is 19.1 Å². The zero-order chi connectivity index (χ0) is 23.3. The largest absolute Gasteiger partial charge is 0.478 e. The van der Waals surface area contributed by atoms with Crippen LogP contribution in [0.4, 0.5) is 17.1 Å². The molecule has 1 aliphatic heterocycles. The first-order valence-corrected chi connectivity index (χ1v) is 11.3. The van der Waals surface area contributed by atoms with Gasteiger partial charge in [-0.3, -0.25) is 14.5 Å². The minimum absolute atomic E-state index is 0.250. The van der Waals surface area contributed by atoms with Crippen LogP contribution in [-0.2, 0) is 10.4 Å². The number of carboxylic acids is 1. The molecule has 1 aliphatic rings. The fourth-order valence-corrected chi connectivity index (χ4v) is 3.73. The predicted octanol–water partition coefficient (Wildman–Crippen LogP) is 4.78. The maximum absolute atomic E-state index is 10.9. The van der Waals surface area contributed by atoms with E-state index in [4.69, 9.17) is 22.6 Å². The van der Waals surface area contributed by atoms with Crippen molar-refractivity contribution in [2.45, 2.75) is 16.7 Å². The summed E-state index contributed by atoms with van der Waals surface area (Å²) in [5.74, 6) is -0.942. The fraction of sp³-hybridized carbons (Fsp3) is 0.0476. The van der Waals surface area contributed by atoms with Crippen LogP contribution in [0.5, 0.6) is 0 Å². The summed E-state index contributed by atoms with van der Waals surface area (Å²) in [6.07, 6.45) is 0. The quantitative estimate of drug-likeness (QED) is 0.160. The van der Waals surface area contributed by atoms with Crippen molar-refractivity contribution in [1.29, 1.82) is 0 Å². The number of nitrogens with zero attached hydrogens (tertiary/aromatic N) is 1. The summed E-state index contributed by atoms with van der Waals surface area (Å²) >= 11 is 1.75. The van der Waals surface area contributed by atoms with Gasteiger partial charge in [0.15, 0.2) is 0 Å². The highest BCUT2D eigenvalue weighted by molar-refractivity contribution is 7.99. The molecule has 5 N–H and O–H groups in total. The van der Waals surface area contributed by atoms with Crippen molar-refractivity contribution in [1.82, 2.24) is 0 Å². The lowest BCUT2D eigenvalue weighted by molar-refractivity contribution is 0.0697. The number of fused-ring (bicyclic) bond motifs is 2. The number of hydrogen-bond acceptors (Lipinski definition) is 7. The van der Waals surface area contributed by atoms with E-state index < -0.39 is 16.4 Å². The van der Waals surface area contributed by atoms with Crippen LogP contribution in [0.2, 0.25) is 0 Å². The van der Waals surface area contributed by atoms with Crippen LogP contribution in [0, 0.1) is 0 Å². The Labute approximate surface area is 188 Å². The summed E-state index contributed by atoms with van der Waals surface area (Å²) in [5.41, 5.74) is 7.98. The van der Waals surface area contributed by atoms with Gasteiger partial charge in [-0.15, -0.1) is 0 Å². The van der Waals surface area contributed by atoms with Gasteiger partial charge in [-0.25, -0.2) is 4.79 Å². The van der Waals surface area contributed by atoms with Crippen LogP contribution in [0.25, 0.3) is 0 Å². The van der Waals surface area contributed by atoms with Crippen LogP contribution in [0.1, 0.15) is 22.8 Å². The molecule has 1 heterocycles. The van der Waals surface area contributed by atoms with Gasteiger partial charge in [-0.05, 0) is 61.0 Å². The van der Waals surface area contributed by atoms with Crippen molar-refractivity contribution >= 4 is 50.9 Å². The van der Waals surface area contributed by atoms with Gasteiger partial charge in [-0.1, -0.05) is 30.0 Å². The molecule has 0 radical (unpaired) electrons. The van der Waals surface area contributed by atoms with E-state index in [0.717, 1.165) is 28.3 Å². The van der Waals surface area contributed by atoms with Crippen LogP contribution in [0.3, 0.4) is 0 Å². The van der Waals surface area contributed by atoms with E-state index in [-0.39, 0.29) is 5.56 Å². The fourth-order valence-electron chi connectivity index (χ4n) is 2.76. The number of carboxylic acid groups (broad SMARTS) is 1. The lowest BCUT2D eigenvalue weighted by Gasteiger charge is -2.21. The molecule has 0 fully saturated rings. The molecule has 0 aromatic heterocycles. The molecule has 0 saturated heterocycles. The Morgan fingerprint density at radius 3 is 2.19 bits per heavy atom. The summed E-state index contributed by atoms with van der Waals surface area (Å²) in [6.45, 7) is 1.93. The molecule has 0 saturated carbocycles. The molecule has 0 amide bonds. The van der Waals surface area contributed by atoms with E-state index in [2.05, 4.69) is 46.2 Å². The highest BCUT2D eigenvalue weighted by Gasteiger charge is 2.15. The number of hydrazone groups is 1. The molecule has 0 atom stereocenters. The number of rotatable bonds is 4. The van der Waals surface area contributed by atoms with Crippen molar-refractivity contribution in [3.05, 3.63) is 77.9 Å². The smallest absolute Gasteiger partial charge is 0.394 e. The highest BCUT2D eigenvalue weighted by atomic mass is 32.3. The maximum Gasteiger partial charge on any atom is 0.394 e. The summed E-state index contributed by atoms with van der Waals surface area (Å²) in [5, 5.41) is 16.8. The zero-order valence-corrected chi connectivity index (χ0v) is 18.3. The van der Waals surface area contributed by atoms with Gasteiger partial charge in [0, 0.05) is 9.79 Å². The molecule has 11 heteroatoms. The normalized spacial score (nSPS) is 12.4. The van der Waals surface area contributed by atoms with E-state index in [1.54, 1.807) is 36.0 Å².